The van der Waals surface area contributed by atoms with Crippen LogP contribution < -0.4 is 10.5 Å². The van der Waals surface area contributed by atoms with Crippen LogP contribution in [0.5, 0.6) is 0 Å². The molecule has 0 radical (unpaired) electrons. The molecule has 25 heavy (non-hydrogen) atoms. The van der Waals surface area contributed by atoms with Gasteiger partial charge >= 0.3 is 0 Å². The van der Waals surface area contributed by atoms with Crippen molar-refractivity contribution in [3.05, 3.63) is 47.8 Å². The first-order valence-electron chi connectivity index (χ1n) is 7.73. The second-order valence-electron chi connectivity index (χ2n) is 6.81. The molecule has 0 saturated carbocycles. The predicted molar refractivity (Wildman–Crippen MR) is 94.6 cm³/mol. The largest absolute Gasteiger partial charge is 0.365 e. The highest BCUT2D eigenvalue weighted by Crippen LogP contribution is 2.21. The smallest absolute Gasteiger partial charge is 0.238 e. The van der Waals surface area contributed by atoms with Crippen molar-refractivity contribution in [2.45, 2.75) is 37.6 Å². The number of sulfonamides is 1. The fourth-order valence-corrected chi connectivity index (χ4v) is 2.96. The number of benzene rings is 1. The molecule has 0 aliphatic rings. The van der Waals surface area contributed by atoms with Crippen molar-refractivity contribution >= 4 is 21.5 Å². The van der Waals surface area contributed by atoms with Gasteiger partial charge in [0.2, 0.25) is 10.0 Å². The van der Waals surface area contributed by atoms with Gasteiger partial charge in [-0.25, -0.2) is 13.6 Å². The molecule has 0 bridgehead atoms. The molecule has 0 aliphatic heterocycles. The average Bonchev–Trinajstić information content (AvgIpc) is 2.95. The summed E-state index contributed by atoms with van der Waals surface area (Å²) in [5.41, 5.74) is 1.27. The summed E-state index contributed by atoms with van der Waals surface area (Å²) in [4.78, 5) is 0.0871. The first-order valence-corrected chi connectivity index (χ1v) is 9.28. The van der Waals surface area contributed by atoms with Gasteiger partial charge in [-0.05, 0) is 29.8 Å². The Kier molecular flexibility index (Phi) is 4.21. The molecular formula is C16H20N6O2S. The molecule has 3 rings (SSSR count). The zero-order valence-corrected chi connectivity index (χ0v) is 15.1. The van der Waals surface area contributed by atoms with E-state index in [2.05, 4.69) is 20.6 Å². The van der Waals surface area contributed by atoms with E-state index in [0.29, 0.717) is 18.0 Å². The van der Waals surface area contributed by atoms with Crippen molar-refractivity contribution in [3.63, 3.8) is 0 Å². The van der Waals surface area contributed by atoms with Crippen LogP contribution in [0.2, 0.25) is 0 Å². The van der Waals surface area contributed by atoms with Crippen molar-refractivity contribution in [1.82, 2.24) is 19.8 Å². The van der Waals surface area contributed by atoms with Crippen LogP contribution >= 0.6 is 0 Å². The number of fused-ring (bicyclic) bond motifs is 1. The number of anilines is 1. The van der Waals surface area contributed by atoms with Gasteiger partial charge in [0, 0.05) is 12.0 Å². The van der Waals surface area contributed by atoms with E-state index in [1.807, 2.05) is 32.9 Å². The van der Waals surface area contributed by atoms with E-state index < -0.39 is 10.0 Å². The zero-order valence-electron chi connectivity index (χ0n) is 14.3. The molecule has 0 fully saturated rings. The topological polar surface area (TPSA) is 115 Å². The molecule has 0 saturated heterocycles. The Morgan fingerprint density at radius 1 is 1.16 bits per heavy atom. The van der Waals surface area contributed by atoms with Crippen LogP contribution in [0.25, 0.3) is 5.65 Å². The van der Waals surface area contributed by atoms with Gasteiger partial charge in [-0.1, -0.05) is 32.9 Å². The van der Waals surface area contributed by atoms with E-state index in [-0.39, 0.29) is 10.3 Å². The van der Waals surface area contributed by atoms with Crippen molar-refractivity contribution in [1.29, 1.82) is 0 Å². The van der Waals surface area contributed by atoms with Gasteiger partial charge in [-0.3, -0.25) is 0 Å². The lowest BCUT2D eigenvalue weighted by molar-refractivity contribution is 0.527. The molecule has 8 nitrogen and oxygen atoms in total. The third-order valence-electron chi connectivity index (χ3n) is 3.63. The van der Waals surface area contributed by atoms with Crippen molar-refractivity contribution in [3.8, 4) is 0 Å². The quantitative estimate of drug-likeness (QED) is 0.731. The molecule has 0 spiro atoms. The summed E-state index contributed by atoms with van der Waals surface area (Å²) in [7, 11) is -3.72. The summed E-state index contributed by atoms with van der Waals surface area (Å²) >= 11 is 0. The second-order valence-corrected chi connectivity index (χ2v) is 8.37. The molecule has 3 N–H and O–H groups in total. The van der Waals surface area contributed by atoms with Gasteiger partial charge in [0.15, 0.2) is 11.5 Å². The molecule has 2 aromatic heterocycles. The summed E-state index contributed by atoms with van der Waals surface area (Å²) in [6.45, 7) is 6.55. The van der Waals surface area contributed by atoms with Gasteiger partial charge < -0.3 is 5.32 Å². The van der Waals surface area contributed by atoms with E-state index in [1.54, 1.807) is 22.7 Å². The van der Waals surface area contributed by atoms with Crippen molar-refractivity contribution < 1.29 is 8.42 Å². The first-order chi connectivity index (χ1) is 11.6. The number of hydrogen-bond acceptors (Lipinski definition) is 6. The van der Waals surface area contributed by atoms with E-state index in [4.69, 9.17) is 5.14 Å². The Morgan fingerprint density at radius 2 is 1.92 bits per heavy atom. The number of nitrogens with zero attached hydrogens (tertiary/aromatic N) is 4. The Bertz CT molecular complexity index is 1020. The van der Waals surface area contributed by atoms with Gasteiger partial charge in [0.25, 0.3) is 0 Å². The van der Waals surface area contributed by atoms with Crippen LogP contribution in [0.4, 0.5) is 5.82 Å². The van der Waals surface area contributed by atoms with Crippen molar-refractivity contribution in [2.75, 3.05) is 5.32 Å². The summed E-state index contributed by atoms with van der Waals surface area (Å²) in [6, 6.07) is 10.1. The molecule has 0 atom stereocenters. The number of rotatable bonds is 4. The summed E-state index contributed by atoms with van der Waals surface area (Å²) < 4.78 is 24.6. The van der Waals surface area contributed by atoms with Crippen LogP contribution in [0.15, 0.2) is 41.3 Å². The van der Waals surface area contributed by atoms with Crippen LogP contribution in [-0.2, 0) is 22.0 Å². The number of nitrogens with one attached hydrogen (secondary N) is 1. The minimum atomic E-state index is -3.72. The molecule has 3 aromatic rings. The molecular weight excluding hydrogens is 340 g/mol. The lowest BCUT2D eigenvalue weighted by Crippen LogP contribution is -2.17. The van der Waals surface area contributed by atoms with Gasteiger partial charge in [0.1, 0.15) is 5.82 Å². The Labute approximate surface area is 146 Å². The first kappa shape index (κ1) is 17.3. The maximum atomic E-state index is 11.4. The minimum absolute atomic E-state index is 0.0871. The Balaban J connectivity index is 1.84. The third-order valence-corrected chi connectivity index (χ3v) is 4.55. The molecule has 132 valence electrons. The van der Waals surface area contributed by atoms with Gasteiger partial charge in [0.05, 0.1) is 4.90 Å². The van der Waals surface area contributed by atoms with Crippen LogP contribution in [0, 0.1) is 0 Å². The monoisotopic (exact) mass is 360 g/mol. The SMILES string of the molecule is CC(C)(C)c1nnc2ccc(NCc3cccc(S(N)(=O)=O)c3)nn12. The molecule has 0 aliphatic carbocycles. The van der Waals surface area contributed by atoms with E-state index >= 15 is 0 Å². The van der Waals surface area contributed by atoms with E-state index in [0.717, 1.165) is 11.4 Å². The highest BCUT2D eigenvalue weighted by atomic mass is 32.2. The normalized spacial score (nSPS) is 12.5. The summed E-state index contributed by atoms with van der Waals surface area (Å²) in [5.74, 6) is 1.40. The van der Waals surface area contributed by atoms with Crippen LogP contribution in [-0.4, -0.2) is 28.2 Å². The molecule has 0 unspecified atom stereocenters. The number of nitrogens with two attached hydrogens (primary N) is 1. The number of hydrogen-bond donors (Lipinski definition) is 2. The molecule has 0 amide bonds. The average molecular weight is 360 g/mol. The Morgan fingerprint density at radius 3 is 2.60 bits per heavy atom. The van der Waals surface area contributed by atoms with Gasteiger partial charge in [-0.2, -0.15) is 4.52 Å². The molecule has 2 heterocycles. The molecule has 9 heteroatoms. The fourth-order valence-electron chi connectivity index (χ4n) is 2.38. The van der Waals surface area contributed by atoms with Crippen LogP contribution in [0.1, 0.15) is 32.2 Å². The Hall–Kier alpha value is -2.52. The minimum Gasteiger partial charge on any atom is -0.365 e. The molecule has 1 aromatic carbocycles. The zero-order chi connectivity index (χ0) is 18.2. The second kappa shape index (κ2) is 6.08. The predicted octanol–water partition coefficient (Wildman–Crippen LogP) is 1.68. The maximum absolute atomic E-state index is 11.4. The highest BCUT2D eigenvalue weighted by Gasteiger charge is 2.21. The van der Waals surface area contributed by atoms with Crippen LogP contribution in [0.3, 0.4) is 0 Å². The maximum Gasteiger partial charge on any atom is 0.238 e. The van der Waals surface area contributed by atoms with E-state index in [1.165, 1.54) is 6.07 Å². The van der Waals surface area contributed by atoms with Crippen molar-refractivity contribution in [2.24, 2.45) is 5.14 Å². The fraction of sp³-hybridized carbons (Fsp3) is 0.312. The lowest BCUT2D eigenvalue weighted by atomic mass is 9.96. The highest BCUT2D eigenvalue weighted by molar-refractivity contribution is 7.89. The lowest BCUT2D eigenvalue weighted by Gasteiger charge is -2.15. The van der Waals surface area contributed by atoms with Gasteiger partial charge in [-0.15, -0.1) is 15.3 Å². The summed E-state index contributed by atoms with van der Waals surface area (Å²) in [5, 5.41) is 21.2. The van der Waals surface area contributed by atoms with E-state index in [9.17, 15) is 8.42 Å². The number of aromatic nitrogens is 4. The number of primary sulfonamides is 1. The summed E-state index contributed by atoms with van der Waals surface area (Å²) in [6.07, 6.45) is 0. The third kappa shape index (κ3) is 3.77. The standard InChI is InChI=1S/C16H20N6O2S/c1-16(2,3)15-20-19-14-8-7-13(21-22(14)15)18-10-11-5-4-6-12(9-11)25(17,23)24/h4-9H,10H2,1-3H3,(H,18,21)(H2,17,23,24).